The van der Waals surface area contributed by atoms with Gasteiger partial charge in [0.2, 0.25) is 0 Å². The first kappa shape index (κ1) is 9.75. The molecule has 1 nitrogen and oxygen atoms in total. The normalized spacial score (nSPS) is 42.0. The molecular formula is C8H17NS2. The molecule has 11 heavy (non-hydrogen) atoms. The van der Waals surface area contributed by atoms with Crippen molar-refractivity contribution in [1.29, 1.82) is 0 Å². The van der Waals surface area contributed by atoms with Crippen molar-refractivity contribution >= 4 is 23.5 Å². The van der Waals surface area contributed by atoms with Gasteiger partial charge in [-0.2, -0.15) is 23.5 Å². The first-order valence-corrected chi connectivity index (χ1v) is 6.13. The molecule has 0 radical (unpaired) electrons. The van der Waals surface area contributed by atoms with E-state index in [1.807, 2.05) is 0 Å². The van der Waals surface area contributed by atoms with Gasteiger partial charge in [-0.25, -0.2) is 0 Å². The molecule has 0 bridgehead atoms. The molecule has 66 valence electrons. The van der Waals surface area contributed by atoms with Gasteiger partial charge in [0.25, 0.3) is 0 Å². The summed E-state index contributed by atoms with van der Waals surface area (Å²) in [6.07, 6.45) is 0. The molecule has 0 aromatic carbocycles. The summed E-state index contributed by atoms with van der Waals surface area (Å²) in [4.78, 5) is 0. The zero-order chi connectivity index (χ0) is 8.43. The standard InChI is InChI=1S/C8H17NS2/c1-5(9)8-4-10-6(2)7(3)11-8/h5-8H,4,9H2,1-3H3/t5-,6?,7?,8?/m0/s1. The smallest absolute Gasteiger partial charge is 0.0290 e. The molecule has 1 aliphatic rings. The molecule has 1 aliphatic heterocycles. The third-order valence-electron chi connectivity index (χ3n) is 2.16. The molecule has 0 amide bonds. The maximum absolute atomic E-state index is 5.84. The van der Waals surface area contributed by atoms with Gasteiger partial charge in [-0.3, -0.25) is 0 Å². The van der Waals surface area contributed by atoms with E-state index in [2.05, 4.69) is 44.3 Å². The van der Waals surface area contributed by atoms with Gasteiger partial charge in [0.1, 0.15) is 0 Å². The van der Waals surface area contributed by atoms with Gasteiger partial charge in [0.05, 0.1) is 0 Å². The molecule has 1 saturated heterocycles. The average molecular weight is 191 g/mol. The summed E-state index contributed by atoms with van der Waals surface area (Å²) in [6, 6.07) is 0.349. The summed E-state index contributed by atoms with van der Waals surface area (Å²) >= 11 is 4.12. The maximum Gasteiger partial charge on any atom is 0.0290 e. The molecule has 3 unspecified atom stereocenters. The van der Waals surface area contributed by atoms with Crippen LogP contribution in [0.5, 0.6) is 0 Å². The van der Waals surface area contributed by atoms with E-state index in [-0.39, 0.29) is 0 Å². The molecule has 1 fully saturated rings. The van der Waals surface area contributed by atoms with Gasteiger partial charge in [0.15, 0.2) is 0 Å². The summed E-state index contributed by atoms with van der Waals surface area (Å²) in [7, 11) is 0. The predicted octanol–water partition coefficient (Wildman–Crippen LogP) is 1.96. The van der Waals surface area contributed by atoms with Crippen molar-refractivity contribution in [1.82, 2.24) is 0 Å². The predicted molar refractivity (Wildman–Crippen MR) is 56.4 cm³/mol. The molecule has 3 heteroatoms. The summed E-state index contributed by atoms with van der Waals surface area (Å²) in [5.41, 5.74) is 5.84. The van der Waals surface area contributed by atoms with Gasteiger partial charge in [0, 0.05) is 27.5 Å². The number of hydrogen-bond acceptors (Lipinski definition) is 3. The molecule has 1 heterocycles. The highest BCUT2D eigenvalue weighted by atomic mass is 32.2. The van der Waals surface area contributed by atoms with Gasteiger partial charge in [-0.1, -0.05) is 13.8 Å². The van der Waals surface area contributed by atoms with Gasteiger partial charge < -0.3 is 5.73 Å². The Morgan fingerprint density at radius 2 is 2.00 bits per heavy atom. The molecule has 0 aliphatic carbocycles. The molecule has 0 aromatic rings. The van der Waals surface area contributed by atoms with Crippen molar-refractivity contribution in [3.63, 3.8) is 0 Å². The minimum absolute atomic E-state index is 0.349. The van der Waals surface area contributed by atoms with Crippen LogP contribution in [-0.4, -0.2) is 27.5 Å². The molecule has 0 spiro atoms. The van der Waals surface area contributed by atoms with Crippen LogP contribution in [0.2, 0.25) is 0 Å². The fourth-order valence-corrected chi connectivity index (χ4v) is 4.15. The van der Waals surface area contributed by atoms with Crippen LogP contribution in [0.1, 0.15) is 20.8 Å². The Bertz CT molecular complexity index is 127. The van der Waals surface area contributed by atoms with Crippen molar-refractivity contribution < 1.29 is 0 Å². The van der Waals surface area contributed by atoms with Crippen LogP contribution < -0.4 is 5.73 Å². The third-order valence-corrected chi connectivity index (χ3v) is 5.81. The number of hydrogen-bond donors (Lipinski definition) is 1. The molecule has 2 N–H and O–H groups in total. The Morgan fingerprint density at radius 1 is 1.36 bits per heavy atom. The van der Waals surface area contributed by atoms with Gasteiger partial charge in [-0.15, -0.1) is 0 Å². The average Bonchev–Trinajstić information content (AvgIpc) is 1.94. The molecular weight excluding hydrogens is 174 g/mol. The van der Waals surface area contributed by atoms with Crippen molar-refractivity contribution in [2.45, 2.75) is 42.6 Å². The molecule has 4 atom stereocenters. The number of rotatable bonds is 1. The van der Waals surface area contributed by atoms with Crippen LogP contribution in [0.3, 0.4) is 0 Å². The van der Waals surface area contributed by atoms with E-state index in [1.165, 1.54) is 5.75 Å². The second-order valence-electron chi connectivity index (χ2n) is 3.28. The Labute approximate surface area is 77.9 Å². The summed E-state index contributed by atoms with van der Waals surface area (Å²) in [5, 5.41) is 2.24. The third kappa shape index (κ3) is 2.56. The minimum Gasteiger partial charge on any atom is -0.327 e. The van der Waals surface area contributed by atoms with E-state index in [9.17, 15) is 0 Å². The Morgan fingerprint density at radius 3 is 2.45 bits per heavy atom. The van der Waals surface area contributed by atoms with Crippen molar-refractivity contribution in [2.24, 2.45) is 5.73 Å². The largest absolute Gasteiger partial charge is 0.327 e. The van der Waals surface area contributed by atoms with E-state index in [1.54, 1.807) is 0 Å². The SMILES string of the molecule is CC1SCC([C@H](C)N)SC1C. The first-order chi connectivity index (χ1) is 5.11. The van der Waals surface area contributed by atoms with E-state index >= 15 is 0 Å². The van der Waals surface area contributed by atoms with Crippen molar-refractivity contribution in [3.05, 3.63) is 0 Å². The Hall–Kier alpha value is 0.660. The maximum atomic E-state index is 5.84. The lowest BCUT2D eigenvalue weighted by atomic mass is 10.3. The molecule has 0 saturated carbocycles. The van der Waals surface area contributed by atoms with Crippen LogP contribution in [-0.2, 0) is 0 Å². The summed E-state index contributed by atoms with van der Waals surface area (Å²) in [5.74, 6) is 1.23. The molecule has 0 aromatic heterocycles. The van der Waals surface area contributed by atoms with Gasteiger partial charge in [-0.05, 0) is 6.92 Å². The second kappa shape index (κ2) is 4.06. The fourth-order valence-electron chi connectivity index (χ4n) is 1.08. The summed E-state index contributed by atoms with van der Waals surface area (Å²) < 4.78 is 0. The van der Waals surface area contributed by atoms with E-state index in [0.717, 1.165) is 10.5 Å². The highest BCUT2D eigenvalue weighted by Crippen LogP contribution is 2.36. The molecule has 1 rings (SSSR count). The summed E-state index contributed by atoms with van der Waals surface area (Å²) in [6.45, 7) is 6.72. The van der Waals surface area contributed by atoms with Crippen LogP contribution in [0.15, 0.2) is 0 Å². The quantitative estimate of drug-likeness (QED) is 0.686. The lowest BCUT2D eigenvalue weighted by Gasteiger charge is -2.33. The number of nitrogens with two attached hydrogens (primary N) is 1. The monoisotopic (exact) mass is 191 g/mol. The Balaban J connectivity index is 2.40. The zero-order valence-corrected chi connectivity index (χ0v) is 9.04. The topological polar surface area (TPSA) is 26.0 Å². The van der Waals surface area contributed by atoms with Gasteiger partial charge >= 0.3 is 0 Å². The van der Waals surface area contributed by atoms with Crippen LogP contribution >= 0.6 is 23.5 Å². The lowest BCUT2D eigenvalue weighted by molar-refractivity contribution is 0.722. The zero-order valence-electron chi connectivity index (χ0n) is 7.41. The van der Waals surface area contributed by atoms with Crippen molar-refractivity contribution in [3.8, 4) is 0 Å². The van der Waals surface area contributed by atoms with Crippen LogP contribution in [0, 0.1) is 0 Å². The minimum atomic E-state index is 0.349. The highest BCUT2D eigenvalue weighted by molar-refractivity contribution is 8.07. The van der Waals surface area contributed by atoms with Crippen LogP contribution in [0.25, 0.3) is 0 Å². The van der Waals surface area contributed by atoms with Crippen molar-refractivity contribution in [2.75, 3.05) is 5.75 Å². The first-order valence-electron chi connectivity index (χ1n) is 4.14. The second-order valence-corrected chi connectivity index (χ2v) is 6.31. The van der Waals surface area contributed by atoms with E-state index in [0.29, 0.717) is 11.3 Å². The van der Waals surface area contributed by atoms with E-state index in [4.69, 9.17) is 5.73 Å². The lowest BCUT2D eigenvalue weighted by Crippen LogP contribution is -2.37. The van der Waals surface area contributed by atoms with Crippen LogP contribution in [0.4, 0.5) is 0 Å². The number of thioether (sulfide) groups is 2. The van der Waals surface area contributed by atoms with E-state index < -0.39 is 0 Å². The fraction of sp³-hybridized carbons (Fsp3) is 1.00. The highest BCUT2D eigenvalue weighted by Gasteiger charge is 2.27. The Kier molecular flexibility index (Phi) is 3.59.